The maximum absolute atomic E-state index is 12.6. The maximum Gasteiger partial charge on any atom is 0.271 e. The van der Waals surface area contributed by atoms with Crippen molar-refractivity contribution in [3.8, 4) is 17.6 Å². The number of allylic oxidation sites excluding steroid dienone is 1. The fourth-order valence-electron chi connectivity index (χ4n) is 2.92. The highest BCUT2D eigenvalue weighted by atomic mass is 16.6. The SMILES string of the molecule is C=CCc1cc(/C=C(\C#N)C(=O)Nc2cccc([N+](=O)[O-])c2)cc(OCC)c1OCCC. The third kappa shape index (κ3) is 6.44. The van der Waals surface area contributed by atoms with Gasteiger partial charge in [0.1, 0.15) is 11.6 Å². The van der Waals surface area contributed by atoms with Crippen LogP contribution in [0.5, 0.6) is 11.5 Å². The van der Waals surface area contributed by atoms with E-state index in [-0.39, 0.29) is 16.9 Å². The Morgan fingerprint density at radius 2 is 2.06 bits per heavy atom. The van der Waals surface area contributed by atoms with Gasteiger partial charge in [0.05, 0.1) is 18.1 Å². The molecule has 0 bridgehead atoms. The van der Waals surface area contributed by atoms with Crippen molar-refractivity contribution >= 4 is 23.4 Å². The number of nitro groups is 1. The van der Waals surface area contributed by atoms with Gasteiger partial charge in [-0.05, 0) is 49.6 Å². The summed E-state index contributed by atoms with van der Waals surface area (Å²) in [4.78, 5) is 23.0. The summed E-state index contributed by atoms with van der Waals surface area (Å²) >= 11 is 0. The van der Waals surface area contributed by atoms with Gasteiger partial charge in [-0.25, -0.2) is 0 Å². The fourth-order valence-corrected chi connectivity index (χ4v) is 2.92. The standard InChI is InChI=1S/C24H25N3O5/c1-4-8-18-12-17(14-22(31-6-3)23(18)32-11-5-2)13-19(16-25)24(28)26-20-9-7-10-21(15-20)27(29)30/h4,7,9-10,12-15H,1,5-6,8,11H2,2-3H3,(H,26,28)/b19-13+. The highest BCUT2D eigenvalue weighted by Gasteiger charge is 2.16. The Bertz CT molecular complexity index is 1070. The number of non-ortho nitro benzene ring substituents is 1. The first-order valence-corrected chi connectivity index (χ1v) is 10.1. The van der Waals surface area contributed by atoms with E-state index in [9.17, 15) is 20.2 Å². The number of nitro benzene ring substituents is 1. The lowest BCUT2D eigenvalue weighted by Gasteiger charge is -2.16. The Kier molecular flexibility index (Phi) is 8.99. The summed E-state index contributed by atoms with van der Waals surface area (Å²) in [5.41, 5.74) is 1.30. The molecule has 32 heavy (non-hydrogen) atoms. The predicted molar refractivity (Wildman–Crippen MR) is 123 cm³/mol. The van der Waals surface area contributed by atoms with Crippen molar-refractivity contribution in [3.63, 3.8) is 0 Å². The molecule has 8 heteroatoms. The van der Waals surface area contributed by atoms with Crippen LogP contribution in [0.25, 0.3) is 6.08 Å². The lowest BCUT2D eigenvalue weighted by Crippen LogP contribution is -2.13. The van der Waals surface area contributed by atoms with Crippen LogP contribution in [0.2, 0.25) is 0 Å². The smallest absolute Gasteiger partial charge is 0.271 e. The van der Waals surface area contributed by atoms with Crippen LogP contribution in [-0.2, 0) is 11.2 Å². The van der Waals surface area contributed by atoms with Crippen LogP contribution in [0, 0.1) is 21.4 Å². The average Bonchev–Trinajstić information content (AvgIpc) is 2.77. The first-order chi connectivity index (χ1) is 15.4. The number of nitrogens with zero attached hydrogens (tertiary/aromatic N) is 2. The molecule has 0 spiro atoms. The molecule has 0 aliphatic rings. The van der Waals surface area contributed by atoms with Crippen molar-refractivity contribution in [1.82, 2.24) is 0 Å². The zero-order valence-electron chi connectivity index (χ0n) is 18.1. The monoisotopic (exact) mass is 435 g/mol. The molecule has 1 N–H and O–H groups in total. The number of nitrogens with one attached hydrogen (secondary N) is 1. The summed E-state index contributed by atoms with van der Waals surface area (Å²) in [5, 5.41) is 23.0. The molecule has 0 unspecified atom stereocenters. The van der Waals surface area contributed by atoms with Gasteiger partial charge in [-0.1, -0.05) is 19.1 Å². The molecule has 1 amide bonds. The molecule has 0 aromatic heterocycles. The first-order valence-electron chi connectivity index (χ1n) is 10.1. The van der Waals surface area contributed by atoms with Crippen LogP contribution in [0.1, 0.15) is 31.4 Å². The number of hydrogen-bond acceptors (Lipinski definition) is 6. The molecule has 2 aromatic carbocycles. The number of carbonyl (C=O) groups is 1. The van der Waals surface area contributed by atoms with Crippen LogP contribution in [-0.4, -0.2) is 24.0 Å². The number of anilines is 1. The second-order valence-corrected chi connectivity index (χ2v) is 6.71. The molecule has 0 aliphatic carbocycles. The minimum absolute atomic E-state index is 0.161. The fraction of sp³-hybridized carbons (Fsp3) is 0.250. The molecule has 166 valence electrons. The second kappa shape index (κ2) is 11.9. The Labute approximate surface area is 186 Å². The lowest BCUT2D eigenvalue weighted by molar-refractivity contribution is -0.384. The Morgan fingerprint density at radius 1 is 1.28 bits per heavy atom. The van der Waals surface area contributed by atoms with Gasteiger partial charge in [-0.3, -0.25) is 14.9 Å². The van der Waals surface area contributed by atoms with Gasteiger partial charge in [-0.15, -0.1) is 6.58 Å². The molecular weight excluding hydrogens is 410 g/mol. The molecule has 0 aliphatic heterocycles. The number of nitriles is 1. The maximum atomic E-state index is 12.6. The molecule has 0 fully saturated rings. The number of amides is 1. The van der Waals surface area contributed by atoms with Gasteiger partial charge < -0.3 is 14.8 Å². The Hall–Kier alpha value is -4.12. The van der Waals surface area contributed by atoms with E-state index in [0.29, 0.717) is 36.7 Å². The Balaban J connectivity index is 2.41. The molecule has 2 aromatic rings. The number of benzene rings is 2. The zero-order chi connectivity index (χ0) is 23.5. The van der Waals surface area contributed by atoms with E-state index < -0.39 is 10.8 Å². The van der Waals surface area contributed by atoms with Crippen molar-refractivity contribution < 1.29 is 19.2 Å². The third-order valence-electron chi connectivity index (χ3n) is 4.26. The molecule has 0 saturated heterocycles. The van der Waals surface area contributed by atoms with E-state index >= 15 is 0 Å². The van der Waals surface area contributed by atoms with Crippen LogP contribution in [0.4, 0.5) is 11.4 Å². The minimum atomic E-state index is -0.678. The summed E-state index contributed by atoms with van der Waals surface area (Å²) in [7, 11) is 0. The van der Waals surface area contributed by atoms with E-state index in [1.165, 1.54) is 30.3 Å². The van der Waals surface area contributed by atoms with Gasteiger partial charge in [0.25, 0.3) is 11.6 Å². The molecule has 0 saturated carbocycles. The van der Waals surface area contributed by atoms with Crippen molar-refractivity contribution in [1.29, 1.82) is 5.26 Å². The van der Waals surface area contributed by atoms with Crippen molar-refractivity contribution in [2.24, 2.45) is 0 Å². The van der Waals surface area contributed by atoms with Gasteiger partial charge in [0.15, 0.2) is 11.5 Å². The number of hydrogen-bond donors (Lipinski definition) is 1. The highest BCUT2D eigenvalue weighted by Crippen LogP contribution is 2.35. The van der Waals surface area contributed by atoms with Crippen LogP contribution < -0.4 is 14.8 Å². The zero-order valence-corrected chi connectivity index (χ0v) is 18.1. The van der Waals surface area contributed by atoms with Crippen molar-refractivity contribution in [2.45, 2.75) is 26.7 Å². The predicted octanol–water partition coefficient (Wildman–Crippen LogP) is 5.06. The number of rotatable bonds is 11. The third-order valence-corrected chi connectivity index (χ3v) is 4.26. The van der Waals surface area contributed by atoms with Crippen LogP contribution in [0.15, 0.2) is 54.6 Å². The molecular formula is C24H25N3O5. The van der Waals surface area contributed by atoms with E-state index in [1.54, 1.807) is 12.1 Å². The van der Waals surface area contributed by atoms with E-state index in [2.05, 4.69) is 11.9 Å². The molecule has 8 nitrogen and oxygen atoms in total. The quantitative estimate of drug-likeness (QED) is 0.173. The van der Waals surface area contributed by atoms with Gasteiger partial charge >= 0.3 is 0 Å². The number of carbonyl (C=O) groups excluding carboxylic acids is 1. The Morgan fingerprint density at radius 3 is 2.69 bits per heavy atom. The number of ether oxygens (including phenoxy) is 2. The molecule has 0 heterocycles. The normalized spacial score (nSPS) is 10.7. The average molecular weight is 435 g/mol. The summed E-state index contributed by atoms with van der Waals surface area (Å²) in [6, 6.07) is 10.9. The van der Waals surface area contributed by atoms with Crippen LogP contribution in [0.3, 0.4) is 0 Å². The van der Waals surface area contributed by atoms with Gasteiger partial charge in [0.2, 0.25) is 0 Å². The molecule has 0 atom stereocenters. The molecule has 0 radical (unpaired) electrons. The summed E-state index contributed by atoms with van der Waals surface area (Å²) in [6.07, 6.45) is 4.52. The minimum Gasteiger partial charge on any atom is -0.490 e. The van der Waals surface area contributed by atoms with E-state index in [1.807, 2.05) is 26.0 Å². The van der Waals surface area contributed by atoms with Crippen molar-refractivity contribution in [2.75, 3.05) is 18.5 Å². The van der Waals surface area contributed by atoms with Gasteiger partial charge in [-0.2, -0.15) is 5.26 Å². The topological polar surface area (TPSA) is 114 Å². The summed E-state index contributed by atoms with van der Waals surface area (Å²) in [5.74, 6) is 0.454. The van der Waals surface area contributed by atoms with E-state index in [4.69, 9.17) is 9.47 Å². The second-order valence-electron chi connectivity index (χ2n) is 6.71. The largest absolute Gasteiger partial charge is 0.490 e. The van der Waals surface area contributed by atoms with E-state index in [0.717, 1.165) is 12.0 Å². The molecule has 2 rings (SSSR count). The van der Waals surface area contributed by atoms with Gasteiger partial charge in [0, 0.05) is 23.4 Å². The van der Waals surface area contributed by atoms with Crippen molar-refractivity contribution in [3.05, 3.63) is 75.9 Å². The summed E-state index contributed by atoms with van der Waals surface area (Å²) in [6.45, 7) is 8.58. The summed E-state index contributed by atoms with van der Waals surface area (Å²) < 4.78 is 11.6. The lowest BCUT2D eigenvalue weighted by atomic mass is 10.0. The highest BCUT2D eigenvalue weighted by molar-refractivity contribution is 6.09. The first kappa shape index (κ1) is 24.2. The van der Waals surface area contributed by atoms with Crippen LogP contribution >= 0.6 is 0 Å².